The fraction of sp³-hybridized carbons (Fsp3) is 0.533. The number of benzene rings is 1. The first-order chi connectivity index (χ1) is 8.68. The van der Waals surface area contributed by atoms with E-state index in [4.69, 9.17) is 11.6 Å². The number of amides is 1. The summed E-state index contributed by atoms with van der Waals surface area (Å²) >= 11 is 6.11. The second-order valence-electron chi connectivity index (χ2n) is 5.11. The molecule has 0 atom stereocenters. The van der Waals surface area contributed by atoms with Crippen LogP contribution in [-0.4, -0.2) is 13.0 Å². The van der Waals surface area contributed by atoms with Crippen LogP contribution in [-0.2, 0) is 4.79 Å². The molecule has 1 fully saturated rings. The van der Waals surface area contributed by atoms with Crippen molar-refractivity contribution in [1.82, 2.24) is 0 Å². The number of anilines is 1. The van der Waals surface area contributed by atoms with Gasteiger partial charge in [0.2, 0.25) is 5.91 Å². The maximum atomic E-state index is 12.2. The molecule has 98 valence electrons. The number of hydrogen-bond donors (Lipinski definition) is 0. The minimum atomic E-state index is 0.176. The summed E-state index contributed by atoms with van der Waals surface area (Å²) in [6, 6.07) is 7.50. The normalized spacial score (nSPS) is 16.6. The van der Waals surface area contributed by atoms with Crippen molar-refractivity contribution in [3.05, 3.63) is 29.3 Å². The van der Waals surface area contributed by atoms with Gasteiger partial charge in [0.25, 0.3) is 0 Å². The van der Waals surface area contributed by atoms with Crippen LogP contribution in [0.25, 0.3) is 0 Å². The maximum absolute atomic E-state index is 12.2. The van der Waals surface area contributed by atoms with Crippen LogP contribution in [0.2, 0.25) is 5.02 Å². The Hall–Kier alpha value is -1.02. The summed E-state index contributed by atoms with van der Waals surface area (Å²) in [5.41, 5.74) is 0.806. The van der Waals surface area contributed by atoms with E-state index in [1.54, 1.807) is 4.90 Å². The lowest BCUT2D eigenvalue weighted by atomic mass is 9.86. The Kier molecular flexibility index (Phi) is 4.65. The molecule has 3 heteroatoms. The van der Waals surface area contributed by atoms with Crippen LogP contribution < -0.4 is 4.90 Å². The number of carbonyl (C=O) groups excluding carboxylic acids is 1. The first kappa shape index (κ1) is 13.4. The van der Waals surface area contributed by atoms with Gasteiger partial charge in [0.05, 0.1) is 10.7 Å². The van der Waals surface area contributed by atoms with Gasteiger partial charge in [-0.15, -0.1) is 0 Å². The number of nitrogens with zero attached hydrogens (tertiary/aromatic N) is 1. The van der Waals surface area contributed by atoms with E-state index < -0.39 is 0 Å². The number of para-hydroxylation sites is 1. The molecular weight excluding hydrogens is 246 g/mol. The van der Waals surface area contributed by atoms with E-state index >= 15 is 0 Å². The molecule has 18 heavy (non-hydrogen) atoms. The molecule has 0 bridgehead atoms. The molecule has 1 amide bonds. The van der Waals surface area contributed by atoms with Crippen LogP contribution in [0, 0.1) is 5.92 Å². The van der Waals surface area contributed by atoms with Gasteiger partial charge >= 0.3 is 0 Å². The monoisotopic (exact) mass is 265 g/mol. The van der Waals surface area contributed by atoms with Crippen LogP contribution in [0.15, 0.2) is 24.3 Å². The fourth-order valence-electron chi connectivity index (χ4n) is 2.63. The first-order valence-corrected chi connectivity index (χ1v) is 7.07. The quantitative estimate of drug-likeness (QED) is 0.799. The average molecular weight is 266 g/mol. The Morgan fingerprint density at radius 2 is 1.94 bits per heavy atom. The lowest BCUT2D eigenvalue weighted by molar-refractivity contribution is -0.119. The van der Waals surface area contributed by atoms with Crippen LogP contribution in [0.1, 0.15) is 38.5 Å². The van der Waals surface area contributed by atoms with Crippen molar-refractivity contribution in [2.24, 2.45) is 5.92 Å². The van der Waals surface area contributed by atoms with E-state index in [1.807, 2.05) is 31.3 Å². The van der Waals surface area contributed by atoms with E-state index in [0.29, 0.717) is 17.4 Å². The van der Waals surface area contributed by atoms with Gasteiger partial charge in [-0.05, 0) is 30.9 Å². The molecule has 0 radical (unpaired) electrons. The maximum Gasteiger partial charge on any atom is 0.227 e. The van der Waals surface area contributed by atoms with Crippen molar-refractivity contribution in [2.45, 2.75) is 38.5 Å². The summed E-state index contributed by atoms with van der Waals surface area (Å²) in [4.78, 5) is 13.9. The average Bonchev–Trinajstić information content (AvgIpc) is 2.39. The number of rotatable bonds is 3. The van der Waals surface area contributed by atoms with Gasteiger partial charge in [0, 0.05) is 13.5 Å². The van der Waals surface area contributed by atoms with Crippen molar-refractivity contribution in [2.75, 3.05) is 11.9 Å². The third kappa shape index (κ3) is 3.26. The molecule has 0 saturated heterocycles. The molecule has 0 spiro atoms. The highest BCUT2D eigenvalue weighted by atomic mass is 35.5. The van der Waals surface area contributed by atoms with Crippen LogP contribution in [0.4, 0.5) is 5.69 Å². The molecule has 2 rings (SSSR count). The van der Waals surface area contributed by atoms with Crippen LogP contribution >= 0.6 is 11.6 Å². The lowest BCUT2D eigenvalue weighted by Crippen LogP contribution is -2.28. The largest absolute Gasteiger partial charge is 0.314 e. The van der Waals surface area contributed by atoms with Gasteiger partial charge in [-0.25, -0.2) is 0 Å². The second kappa shape index (κ2) is 6.24. The third-order valence-corrected chi connectivity index (χ3v) is 4.10. The molecule has 0 heterocycles. The molecule has 0 aromatic heterocycles. The van der Waals surface area contributed by atoms with Gasteiger partial charge in [-0.1, -0.05) is 43.0 Å². The van der Waals surface area contributed by atoms with E-state index in [-0.39, 0.29) is 5.91 Å². The summed E-state index contributed by atoms with van der Waals surface area (Å²) in [6.45, 7) is 0. The smallest absolute Gasteiger partial charge is 0.227 e. The standard InChI is InChI=1S/C15H20ClNO/c1-17(14-10-6-5-9-13(14)16)15(18)11-12-7-3-2-4-8-12/h5-6,9-10,12H,2-4,7-8,11H2,1H3. The molecule has 0 aliphatic heterocycles. The molecule has 2 nitrogen and oxygen atoms in total. The van der Waals surface area contributed by atoms with Crippen molar-refractivity contribution in [1.29, 1.82) is 0 Å². The molecule has 1 aromatic rings. The van der Waals surface area contributed by atoms with Crippen molar-refractivity contribution < 1.29 is 4.79 Å². The number of hydrogen-bond acceptors (Lipinski definition) is 1. The predicted molar refractivity (Wildman–Crippen MR) is 76.1 cm³/mol. The highest BCUT2D eigenvalue weighted by molar-refractivity contribution is 6.33. The van der Waals surface area contributed by atoms with Crippen molar-refractivity contribution in [3.8, 4) is 0 Å². The molecule has 0 unspecified atom stereocenters. The Morgan fingerprint density at radius 3 is 2.61 bits per heavy atom. The molecule has 1 aliphatic rings. The third-order valence-electron chi connectivity index (χ3n) is 3.78. The molecule has 1 saturated carbocycles. The zero-order valence-electron chi connectivity index (χ0n) is 10.9. The van der Waals surface area contributed by atoms with E-state index in [1.165, 1.54) is 32.1 Å². The zero-order chi connectivity index (χ0) is 13.0. The highest BCUT2D eigenvalue weighted by Gasteiger charge is 2.20. The molecule has 1 aromatic carbocycles. The van der Waals surface area contributed by atoms with E-state index in [2.05, 4.69) is 0 Å². The number of carbonyl (C=O) groups is 1. The summed E-state index contributed by atoms with van der Waals surface area (Å²) in [5, 5.41) is 0.636. The van der Waals surface area contributed by atoms with Crippen molar-refractivity contribution >= 4 is 23.2 Å². The topological polar surface area (TPSA) is 20.3 Å². The summed E-state index contributed by atoms with van der Waals surface area (Å²) < 4.78 is 0. The molecular formula is C15H20ClNO. The highest BCUT2D eigenvalue weighted by Crippen LogP contribution is 2.29. The fourth-order valence-corrected chi connectivity index (χ4v) is 2.90. The Bertz CT molecular complexity index is 413. The van der Waals surface area contributed by atoms with Gasteiger partial charge in [-0.3, -0.25) is 4.79 Å². The summed E-state index contributed by atoms with van der Waals surface area (Å²) in [5.74, 6) is 0.742. The molecule has 1 aliphatic carbocycles. The molecule has 0 N–H and O–H groups in total. The van der Waals surface area contributed by atoms with E-state index in [0.717, 1.165) is 5.69 Å². The van der Waals surface area contributed by atoms with Crippen molar-refractivity contribution in [3.63, 3.8) is 0 Å². The van der Waals surface area contributed by atoms with Gasteiger partial charge in [-0.2, -0.15) is 0 Å². The minimum absolute atomic E-state index is 0.176. The SMILES string of the molecule is CN(C(=O)CC1CCCCC1)c1ccccc1Cl. The summed E-state index contributed by atoms with van der Waals surface area (Å²) in [6.07, 6.45) is 6.92. The van der Waals surface area contributed by atoms with E-state index in [9.17, 15) is 4.79 Å². The van der Waals surface area contributed by atoms with Crippen LogP contribution in [0.5, 0.6) is 0 Å². The lowest BCUT2D eigenvalue weighted by Gasteiger charge is -2.24. The Labute approximate surface area is 114 Å². The zero-order valence-corrected chi connectivity index (χ0v) is 11.6. The second-order valence-corrected chi connectivity index (χ2v) is 5.52. The Balaban J connectivity index is 1.98. The van der Waals surface area contributed by atoms with Crippen LogP contribution in [0.3, 0.4) is 0 Å². The van der Waals surface area contributed by atoms with Gasteiger partial charge in [0.15, 0.2) is 0 Å². The number of halogens is 1. The van der Waals surface area contributed by atoms with Gasteiger partial charge < -0.3 is 4.90 Å². The first-order valence-electron chi connectivity index (χ1n) is 6.69. The minimum Gasteiger partial charge on any atom is -0.314 e. The summed E-state index contributed by atoms with van der Waals surface area (Å²) in [7, 11) is 1.81. The van der Waals surface area contributed by atoms with Gasteiger partial charge in [0.1, 0.15) is 0 Å². The Morgan fingerprint density at radius 1 is 1.28 bits per heavy atom. The predicted octanol–water partition coefficient (Wildman–Crippen LogP) is 4.27.